The van der Waals surface area contributed by atoms with Gasteiger partial charge in [0.15, 0.2) is 5.82 Å². The molecule has 1 aromatic heterocycles. The van der Waals surface area contributed by atoms with Gasteiger partial charge in [0, 0.05) is 24.4 Å². The second-order valence-electron chi connectivity index (χ2n) is 5.25. The molecule has 0 amide bonds. The van der Waals surface area contributed by atoms with Crippen molar-refractivity contribution in [2.24, 2.45) is 4.99 Å². The zero-order valence-corrected chi connectivity index (χ0v) is 12.3. The van der Waals surface area contributed by atoms with Gasteiger partial charge in [-0.05, 0) is 18.2 Å². The molecule has 0 spiro atoms. The van der Waals surface area contributed by atoms with Crippen LogP contribution < -0.4 is 4.90 Å². The predicted molar refractivity (Wildman–Crippen MR) is 90.5 cm³/mol. The van der Waals surface area contributed by atoms with Crippen LogP contribution in [-0.4, -0.2) is 17.7 Å². The second kappa shape index (κ2) is 5.11. The average Bonchev–Trinajstić information content (AvgIpc) is 2.72. The van der Waals surface area contributed by atoms with Crippen molar-refractivity contribution in [1.29, 1.82) is 0 Å². The van der Waals surface area contributed by atoms with Crippen molar-refractivity contribution in [3.05, 3.63) is 84.1 Å². The summed E-state index contributed by atoms with van der Waals surface area (Å²) in [5, 5.41) is 0. The molecule has 22 heavy (non-hydrogen) atoms. The maximum absolute atomic E-state index is 4.91. The maximum Gasteiger partial charge on any atom is 0.158 e. The Hall–Kier alpha value is -2.94. The van der Waals surface area contributed by atoms with Crippen LogP contribution in [0.5, 0.6) is 0 Å². The summed E-state index contributed by atoms with van der Waals surface area (Å²) in [5.74, 6) is 0.876. The number of para-hydroxylation sites is 1. The highest BCUT2D eigenvalue weighted by Gasteiger charge is 2.21. The van der Waals surface area contributed by atoms with E-state index in [0.29, 0.717) is 0 Å². The Kier molecular flexibility index (Phi) is 2.97. The van der Waals surface area contributed by atoms with E-state index in [1.165, 1.54) is 0 Å². The van der Waals surface area contributed by atoms with E-state index in [1.807, 2.05) is 43.4 Å². The van der Waals surface area contributed by atoms with Gasteiger partial charge in [0.05, 0.1) is 11.4 Å². The molecule has 2 heterocycles. The van der Waals surface area contributed by atoms with E-state index >= 15 is 0 Å². The van der Waals surface area contributed by atoms with Crippen molar-refractivity contribution < 1.29 is 0 Å². The van der Waals surface area contributed by atoms with Gasteiger partial charge in [-0.15, -0.1) is 0 Å². The third-order valence-electron chi connectivity index (χ3n) is 3.88. The van der Waals surface area contributed by atoms with Crippen LogP contribution in [0.25, 0.3) is 0 Å². The summed E-state index contributed by atoms with van der Waals surface area (Å²) in [6.07, 6.45) is 1.81. The lowest BCUT2D eigenvalue weighted by Gasteiger charge is -2.20. The van der Waals surface area contributed by atoms with Gasteiger partial charge in [-0.25, -0.2) is 9.98 Å². The molecule has 0 radical (unpaired) electrons. The lowest BCUT2D eigenvalue weighted by atomic mass is 10.0. The third kappa shape index (κ3) is 1.99. The summed E-state index contributed by atoms with van der Waals surface area (Å²) >= 11 is 0. The minimum atomic E-state index is 0.876. The Bertz CT molecular complexity index is 853. The van der Waals surface area contributed by atoms with Gasteiger partial charge in [-0.3, -0.25) is 0 Å². The van der Waals surface area contributed by atoms with Crippen molar-refractivity contribution >= 4 is 22.9 Å². The molecule has 2 aromatic carbocycles. The third-order valence-corrected chi connectivity index (χ3v) is 3.88. The Morgan fingerprint density at radius 2 is 1.59 bits per heavy atom. The molecule has 0 atom stereocenters. The first-order valence-corrected chi connectivity index (χ1v) is 7.27. The summed E-state index contributed by atoms with van der Waals surface area (Å²) in [6, 6.07) is 22.5. The van der Waals surface area contributed by atoms with Crippen LogP contribution in [-0.2, 0) is 0 Å². The Morgan fingerprint density at radius 1 is 0.818 bits per heavy atom. The van der Waals surface area contributed by atoms with Crippen molar-refractivity contribution in [2.75, 3.05) is 11.9 Å². The first-order chi connectivity index (χ1) is 10.8. The highest BCUT2D eigenvalue weighted by atomic mass is 15.2. The van der Waals surface area contributed by atoms with Gasteiger partial charge in [0.2, 0.25) is 0 Å². The predicted octanol–water partition coefficient (Wildman–Crippen LogP) is 4.33. The quantitative estimate of drug-likeness (QED) is 0.665. The average molecular weight is 285 g/mol. The number of rotatable bonds is 1. The molecule has 0 bridgehead atoms. The summed E-state index contributed by atoms with van der Waals surface area (Å²) in [4.78, 5) is 11.5. The summed E-state index contributed by atoms with van der Waals surface area (Å²) < 4.78 is 0. The Balaban J connectivity index is 2.04. The van der Waals surface area contributed by atoms with Gasteiger partial charge in [-0.2, -0.15) is 0 Å². The topological polar surface area (TPSA) is 28.5 Å². The number of benzene rings is 2. The molecule has 1 aliphatic heterocycles. The number of nitrogens with zero attached hydrogens (tertiary/aromatic N) is 3. The number of pyridine rings is 1. The molecular weight excluding hydrogens is 270 g/mol. The second-order valence-corrected chi connectivity index (χ2v) is 5.25. The maximum atomic E-state index is 4.91. The highest BCUT2D eigenvalue weighted by Crippen LogP contribution is 2.37. The van der Waals surface area contributed by atoms with Gasteiger partial charge in [-0.1, -0.05) is 48.5 Å². The summed E-state index contributed by atoms with van der Waals surface area (Å²) in [7, 11) is 2.04. The fourth-order valence-electron chi connectivity index (χ4n) is 2.81. The first kappa shape index (κ1) is 12.8. The van der Waals surface area contributed by atoms with E-state index in [0.717, 1.165) is 34.0 Å². The van der Waals surface area contributed by atoms with Gasteiger partial charge in [0.25, 0.3) is 0 Å². The van der Waals surface area contributed by atoms with E-state index in [4.69, 9.17) is 4.99 Å². The van der Waals surface area contributed by atoms with E-state index in [9.17, 15) is 0 Å². The van der Waals surface area contributed by atoms with Gasteiger partial charge in [0.1, 0.15) is 5.69 Å². The van der Waals surface area contributed by atoms with Gasteiger partial charge >= 0.3 is 0 Å². The number of fused-ring (bicyclic) bond motifs is 2. The lowest BCUT2D eigenvalue weighted by molar-refractivity contribution is 1.13. The number of aliphatic imine (C=N–C) groups is 1. The van der Waals surface area contributed by atoms with Crippen LogP contribution in [0.4, 0.5) is 17.2 Å². The van der Waals surface area contributed by atoms with Crippen molar-refractivity contribution in [2.45, 2.75) is 0 Å². The van der Waals surface area contributed by atoms with E-state index in [-0.39, 0.29) is 0 Å². The van der Waals surface area contributed by atoms with Crippen molar-refractivity contribution in [3.8, 4) is 0 Å². The fraction of sp³-hybridized carbons (Fsp3) is 0.0526. The largest absolute Gasteiger partial charge is 0.327 e. The molecule has 1 aliphatic rings. The zero-order chi connectivity index (χ0) is 14.9. The van der Waals surface area contributed by atoms with Crippen molar-refractivity contribution in [3.63, 3.8) is 0 Å². The molecule has 0 unspecified atom stereocenters. The molecule has 0 aliphatic carbocycles. The summed E-state index contributed by atoms with van der Waals surface area (Å²) in [5.41, 5.74) is 5.21. The van der Waals surface area contributed by atoms with E-state index < -0.39 is 0 Å². The monoisotopic (exact) mass is 285 g/mol. The number of anilines is 2. The molecule has 4 rings (SSSR count). The molecule has 0 fully saturated rings. The summed E-state index contributed by atoms with van der Waals surface area (Å²) in [6.45, 7) is 0. The Labute approximate surface area is 129 Å². The Morgan fingerprint density at radius 3 is 2.45 bits per heavy atom. The minimum Gasteiger partial charge on any atom is -0.327 e. The molecule has 0 N–H and O–H groups in total. The van der Waals surface area contributed by atoms with Crippen LogP contribution in [0.15, 0.2) is 77.9 Å². The zero-order valence-electron chi connectivity index (χ0n) is 12.3. The van der Waals surface area contributed by atoms with Crippen LogP contribution in [0.3, 0.4) is 0 Å². The van der Waals surface area contributed by atoms with E-state index in [2.05, 4.69) is 40.2 Å². The molecule has 0 saturated heterocycles. The minimum absolute atomic E-state index is 0.876. The van der Waals surface area contributed by atoms with Crippen LogP contribution >= 0.6 is 0 Å². The first-order valence-electron chi connectivity index (χ1n) is 7.27. The SMILES string of the molecule is CN1c2ccccc2C(c2ccccc2)=Nc2cccnc21. The molecule has 0 saturated carbocycles. The molecule has 3 heteroatoms. The van der Waals surface area contributed by atoms with E-state index in [1.54, 1.807) is 6.20 Å². The molecule has 3 aromatic rings. The van der Waals surface area contributed by atoms with Crippen molar-refractivity contribution in [1.82, 2.24) is 4.98 Å². The van der Waals surface area contributed by atoms with Crippen LogP contribution in [0.1, 0.15) is 11.1 Å². The standard InChI is InChI=1S/C19H15N3/c1-22-17-12-6-5-10-15(17)18(14-8-3-2-4-9-14)21-16-11-7-13-20-19(16)22/h2-13H,1H3. The normalized spacial score (nSPS) is 13.0. The number of hydrogen-bond donors (Lipinski definition) is 0. The number of aromatic nitrogens is 1. The molecule has 106 valence electrons. The van der Waals surface area contributed by atoms with Crippen LogP contribution in [0.2, 0.25) is 0 Å². The van der Waals surface area contributed by atoms with Crippen LogP contribution in [0, 0.1) is 0 Å². The van der Waals surface area contributed by atoms with Gasteiger partial charge < -0.3 is 4.90 Å². The fourth-order valence-corrected chi connectivity index (χ4v) is 2.81. The lowest BCUT2D eigenvalue weighted by Crippen LogP contribution is -2.13. The smallest absolute Gasteiger partial charge is 0.158 e. The highest BCUT2D eigenvalue weighted by molar-refractivity contribution is 6.18. The number of hydrogen-bond acceptors (Lipinski definition) is 3. The molecular formula is C19H15N3. The molecule has 3 nitrogen and oxygen atoms in total.